The second-order valence-electron chi connectivity index (χ2n) is 3.27. The topological polar surface area (TPSA) is 132 Å². The Morgan fingerprint density at radius 3 is 2.25 bits per heavy atom. The van der Waals surface area contributed by atoms with E-state index in [0.717, 1.165) is 0 Å². The molecular weight excluding hydrogens is 222 g/mol. The second-order valence-corrected chi connectivity index (χ2v) is 3.27. The van der Waals surface area contributed by atoms with Gasteiger partial charge in [0.05, 0.1) is 12.8 Å². The Bertz CT molecular complexity index is 363. The zero-order valence-corrected chi connectivity index (χ0v) is 7.99. The molecule has 0 radical (unpaired) electrons. The molecule has 2 atom stereocenters. The van der Waals surface area contributed by atoms with Crippen LogP contribution in [0.1, 0.15) is 12.8 Å². The molecular formula is C8H9NO7. The highest BCUT2D eigenvalue weighted by Crippen LogP contribution is 2.18. The number of nitrogens with zero attached hydrogens (tertiary/aromatic N) is 1. The summed E-state index contributed by atoms with van der Waals surface area (Å²) in [5.74, 6) is -5.00. The van der Waals surface area contributed by atoms with Crippen molar-refractivity contribution < 1.29 is 34.5 Å². The number of likely N-dealkylation sites (tertiary alicyclic amines) is 1. The summed E-state index contributed by atoms with van der Waals surface area (Å²) in [6.07, 6.45) is -2.98. The molecule has 16 heavy (non-hydrogen) atoms. The van der Waals surface area contributed by atoms with Gasteiger partial charge in [0.15, 0.2) is 0 Å². The molecule has 1 fully saturated rings. The Hall–Kier alpha value is -1.96. The Kier molecular flexibility index (Phi) is 3.23. The summed E-state index contributed by atoms with van der Waals surface area (Å²) in [7, 11) is 0. The van der Waals surface area contributed by atoms with Gasteiger partial charge in [0.25, 0.3) is 5.91 Å². The first-order chi connectivity index (χ1) is 7.34. The van der Waals surface area contributed by atoms with Crippen molar-refractivity contribution in [2.75, 3.05) is 0 Å². The normalized spacial score (nSPS) is 22.3. The van der Waals surface area contributed by atoms with Gasteiger partial charge in [-0.1, -0.05) is 0 Å². The number of amides is 2. The van der Waals surface area contributed by atoms with E-state index in [1.54, 1.807) is 0 Å². The number of aliphatic hydroxyl groups excluding tert-OH is 1. The van der Waals surface area contributed by atoms with Gasteiger partial charge < -0.3 is 15.3 Å². The molecule has 2 unspecified atom stereocenters. The van der Waals surface area contributed by atoms with Crippen molar-refractivity contribution in [3.8, 4) is 0 Å². The summed E-state index contributed by atoms with van der Waals surface area (Å²) >= 11 is 0. The van der Waals surface area contributed by atoms with Crippen molar-refractivity contribution in [2.24, 2.45) is 0 Å². The number of hydrogen-bond donors (Lipinski definition) is 3. The van der Waals surface area contributed by atoms with Crippen LogP contribution in [0.25, 0.3) is 0 Å². The average molecular weight is 231 g/mol. The van der Waals surface area contributed by atoms with E-state index in [4.69, 9.17) is 15.3 Å². The zero-order valence-electron chi connectivity index (χ0n) is 7.99. The third kappa shape index (κ3) is 2.16. The van der Waals surface area contributed by atoms with E-state index in [1.165, 1.54) is 0 Å². The lowest BCUT2D eigenvalue weighted by Crippen LogP contribution is -2.46. The molecule has 0 spiro atoms. The second kappa shape index (κ2) is 4.27. The molecule has 0 aliphatic carbocycles. The molecule has 1 rings (SSSR count). The lowest BCUT2D eigenvalue weighted by Gasteiger charge is -2.20. The van der Waals surface area contributed by atoms with Crippen LogP contribution in [0.4, 0.5) is 0 Å². The Morgan fingerprint density at radius 2 is 1.94 bits per heavy atom. The molecule has 8 nitrogen and oxygen atoms in total. The minimum absolute atomic E-state index is 0.293. The van der Waals surface area contributed by atoms with E-state index < -0.39 is 48.7 Å². The number of hydrogen-bond acceptors (Lipinski definition) is 5. The van der Waals surface area contributed by atoms with Crippen molar-refractivity contribution in [3.05, 3.63) is 0 Å². The molecule has 0 bridgehead atoms. The van der Waals surface area contributed by atoms with Crippen LogP contribution in [0.2, 0.25) is 0 Å². The number of rotatable bonds is 4. The van der Waals surface area contributed by atoms with Gasteiger partial charge in [-0.25, -0.2) is 4.79 Å². The van der Waals surface area contributed by atoms with Crippen LogP contribution in [0.5, 0.6) is 0 Å². The fourth-order valence-electron chi connectivity index (χ4n) is 1.42. The molecule has 0 aromatic carbocycles. The van der Waals surface area contributed by atoms with Crippen LogP contribution >= 0.6 is 0 Å². The van der Waals surface area contributed by atoms with Crippen LogP contribution < -0.4 is 0 Å². The van der Waals surface area contributed by atoms with Gasteiger partial charge in [-0.05, 0) is 0 Å². The minimum atomic E-state index is -1.77. The summed E-state index contributed by atoms with van der Waals surface area (Å²) < 4.78 is 0. The van der Waals surface area contributed by atoms with Gasteiger partial charge in [0.1, 0.15) is 12.1 Å². The SMILES string of the molecule is O=C(O)CC(C(=O)O)N1C(=O)CC(O)C1=O. The van der Waals surface area contributed by atoms with Gasteiger partial charge in [-0.2, -0.15) is 0 Å². The van der Waals surface area contributed by atoms with Gasteiger partial charge >= 0.3 is 11.9 Å². The van der Waals surface area contributed by atoms with Crippen molar-refractivity contribution in [1.82, 2.24) is 4.90 Å². The lowest BCUT2D eigenvalue weighted by molar-refractivity contribution is -0.158. The predicted molar refractivity (Wildman–Crippen MR) is 46.2 cm³/mol. The largest absolute Gasteiger partial charge is 0.481 e. The Balaban J connectivity index is 2.94. The number of carbonyl (C=O) groups excluding carboxylic acids is 2. The van der Waals surface area contributed by atoms with Crippen LogP contribution in [-0.2, 0) is 19.2 Å². The van der Waals surface area contributed by atoms with Crippen LogP contribution in [0.3, 0.4) is 0 Å². The monoisotopic (exact) mass is 231 g/mol. The molecule has 88 valence electrons. The molecule has 1 aliphatic rings. The van der Waals surface area contributed by atoms with Gasteiger partial charge in [0.2, 0.25) is 5.91 Å². The maximum absolute atomic E-state index is 11.2. The number of carboxylic acids is 2. The van der Waals surface area contributed by atoms with E-state index in [-0.39, 0.29) is 0 Å². The quantitative estimate of drug-likeness (QED) is 0.478. The average Bonchev–Trinajstić information content (AvgIpc) is 2.38. The van der Waals surface area contributed by atoms with E-state index in [9.17, 15) is 19.2 Å². The summed E-state index contributed by atoms with van der Waals surface area (Å²) in [5, 5.41) is 26.2. The fraction of sp³-hybridized carbons (Fsp3) is 0.500. The molecule has 1 saturated heterocycles. The van der Waals surface area contributed by atoms with E-state index in [0.29, 0.717) is 4.90 Å². The Labute approximate surface area is 89.1 Å². The molecule has 2 amide bonds. The highest BCUT2D eigenvalue weighted by molar-refractivity contribution is 6.07. The number of carboxylic acid groups (broad SMARTS) is 2. The van der Waals surface area contributed by atoms with E-state index in [2.05, 4.69) is 0 Å². The highest BCUT2D eigenvalue weighted by Gasteiger charge is 2.44. The molecule has 0 aromatic heterocycles. The number of imide groups is 1. The van der Waals surface area contributed by atoms with Crippen LogP contribution in [-0.4, -0.2) is 56.1 Å². The highest BCUT2D eigenvalue weighted by atomic mass is 16.4. The minimum Gasteiger partial charge on any atom is -0.481 e. The van der Waals surface area contributed by atoms with Gasteiger partial charge in [-0.3, -0.25) is 19.3 Å². The van der Waals surface area contributed by atoms with Gasteiger partial charge in [-0.15, -0.1) is 0 Å². The van der Waals surface area contributed by atoms with Gasteiger partial charge in [0, 0.05) is 0 Å². The molecule has 1 aliphatic heterocycles. The molecule has 8 heteroatoms. The number of aliphatic hydroxyl groups is 1. The molecule has 3 N–H and O–H groups in total. The summed E-state index contributed by atoms with van der Waals surface area (Å²) in [6.45, 7) is 0. The van der Waals surface area contributed by atoms with E-state index in [1.807, 2.05) is 0 Å². The van der Waals surface area contributed by atoms with Crippen molar-refractivity contribution in [3.63, 3.8) is 0 Å². The van der Waals surface area contributed by atoms with Crippen molar-refractivity contribution in [1.29, 1.82) is 0 Å². The third-order valence-corrected chi connectivity index (χ3v) is 2.12. The smallest absolute Gasteiger partial charge is 0.327 e. The zero-order chi connectivity index (χ0) is 12.5. The maximum atomic E-state index is 11.2. The third-order valence-electron chi connectivity index (χ3n) is 2.12. The summed E-state index contributed by atoms with van der Waals surface area (Å²) in [4.78, 5) is 43.9. The first-order valence-electron chi connectivity index (χ1n) is 4.33. The first-order valence-corrected chi connectivity index (χ1v) is 4.33. The summed E-state index contributed by atoms with van der Waals surface area (Å²) in [6, 6.07) is -1.77. The molecule has 1 heterocycles. The maximum Gasteiger partial charge on any atom is 0.327 e. The molecule has 0 aromatic rings. The fourth-order valence-corrected chi connectivity index (χ4v) is 1.42. The van der Waals surface area contributed by atoms with Crippen LogP contribution in [0, 0.1) is 0 Å². The number of carbonyl (C=O) groups is 4. The van der Waals surface area contributed by atoms with E-state index >= 15 is 0 Å². The first kappa shape index (κ1) is 12.1. The van der Waals surface area contributed by atoms with Crippen LogP contribution in [0.15, 0.2) is 0 Å². The number of aliphatic carboxylic acids is 2. The lowest BCUT2D eigenvalue weighted by atomic mass is 10.2. The Morgan fingerprint density at radius 1 is 1.38 bits per heavy atom. The van der Waals surface area contributed by atoms with Crippen molar-refractivity contribution >= 4 is 23.8 Å². The summed E-state index contributed by atoms with van der Waals surface area (Å²) in [5.41, 5.74) is 0. The predicted octanol–water partition coefficient (Wildman–Crippen LogP) is -1.97. The standard InChI is InChI=1S/C8H9NO7/c10-4-2-5(11)9(7(4)14)3(8(15)16)1-6(12)13/h3-4,10H,1-2H2,(H,12,13)(H,15,16). The van der Waals surface area contributed by atoms with Crippen molar-refractivity contribution in [2.45, 2.75) is 25.0 Å². The molecule has 0 saturated carbocycles.